The maximum absolute atomic E-state index is 12.8. The van der Waals surface area contributed by atoms with Crippen molar-refractivity contribution in [1.82, 2.24) is 9.88 Å². The fourth-order valence-corrected chi connectivity index (χ4v) is 4.04. The Bertz CT molecular complexity index is 838. The van der Waals surface area contributed by atoms with E-state index < -0.39 is 35.4 Å². The van der Waals surface area contributed by atoms with Gasteiger partial charge >= 0.3 is 12.3 Å². The predicted molar refractivity (Wildman–Crippen MR) is 99.1 cm³/mol. The Labute approximate surface area is 169 Å². The molecule has 1 fully saturated rings. The number of hydrogen-bond acceptors (Lipinski definition) is 6. The molecule has 1 saturated heterocycles. The van der Waals surface area contributed by atoms with E-state index in [1.54, 1.807) is 24.3 Å². The number of pyridine rings is 1. The summed E-state index contributed by atoms with van der Waals surface area (Å²) in [7, 11) is 0. The van der Waals surface area contributed by atoms with Crippen LogP contribution in [-0.4, -0.2) is 56.7 Å². The van der Waals surface area contributed by atoms with Crippen LogP contribution in [0.25, 0.3) is 0 Å². The first kappa shape index (κ1) is 21.4. The molecule has 6 nitrogen and oxygen atoms in total. The van der Waals surface area contributed by atoms with Crippen LogP contribution in [0.2, 0.25) is 0 Å². The maximum atomic E-state index is 12.8. The number of aromatic nitrogens is 1. The average Bonchev–Trinajstić information content (AvgIpc) is 2.70. The number of β-amino-alcohol motifs (C(OH)–C–C–N with tert-alkyl or cyclic N) is 1. The molecule has 2 aromatic rings. The quantitative estimate of drug-likeness (QED) is 0.779. The van der Waals surface area contributed by atoms with Crippen molar-refractivity contribution in [2.75, 3.05) is 13.1 Å². The Morgan fingerprint density at radius 2 is 1.86 bits per heavy atom. The second-order valence-corrected chi connectivity index (χ2v) is 7.78. The molecule has 0 saturated carbocycles. The largest absolute Gasteiger partial charge is 0.445 e. The number of carbonyl (C=O) groups is 1. The molecule has 0 spiro atoms. The molecule has 3 rings (SSSR count). The van der Waals surface area contributed by atoms with Gasteiger partial charge in [0.2, 0.25) is 0 Å². The van der Waals surface area contributed by atoms with E-state index in [1.807, 2.05) is 6.07 Å². The molecule has 156 valence electrons. The van der Waals surface area contributed by atoms with Gasteiger partial charge in [-0.1, -0.05) is 48.2 Å². The highest BCUT2D eigenvalue weighted by atomic mass is 32.2. The van der Waals surface area contributed by atoms with Crippen LogP contribution >= 0.6 is 11.8 Å². The standard InChI is InChI=1S/C19H19F3N2O4S/c20-19(21,22)15-7-4-8-16(23-15)29-14-10-24(9-13(25)17(14)26)18(27)28-11-12-5-2-1-3-6-12/h1-8,13-14,17,25-26H,9-11H2/t13-,14-,17-/m0/s1. The molecule has 0 aliphatic carbocycles. The lowest BCUT2D eigenvalue weighted by molar-refractivity contribution is -0.141. The Balaban J connectivity index is 1.65. The topological polar surface area (TPSA) is 82.9 Å². The number of nitrogens with zero attached hydrogens (tertiary/aromatic N) is 2. The fraction of sp³-hybridized carbons (Fsp3) is 0.368. The van der Waals surface area contributed by atoms with Gasteiger partial charge < -0.3 is 19.8 Å². The normalized spacial score (nSPS) is 22.4. The first-order chi connectivity index (χ1) is 13.7. The van der Waals surface area contributed by atoms with E-state index in [-0.39, 0.29) is 24.7 Å². The lowest BCUT2D eigenvalue weighted by atomic mass is 10.1. The van der Waals surface area contributed by atoms with Crippen molar-refractivity contribution >= 4 is 17.9 Å². The number of aliphatic hydroxyl groups excluding tert-OH is 2. The van der Waals surface area contributed by atoms with E-state index in [4.69, 9.17) is 4.74 Å². The van der Waals surface area contributed by atoms with Gasteiger partial charge in [0, 0.05) is 6.54 Å². The average molecular weight is 428 g/mol. The van der Waals surface area contributed by atoms with Gasteiger partial charge in [-0.15, -0.1) is 0 Å². The third-order valence-corrected chi connectivity index (χ3v) is 5.53. The van der Waals surface area contributed by atoms with Crippen LogP contribution < -0.4 is 0 Å². The van der Waals surface area contributed by atoms with Crippen molar-refractivity contribution < 1.29 is 32.9 Å². The number of rotatable bonds is 4. The predicted octanol–water partition coefficient (Wildman–Crippen LogP) is 2.94. The van der Waals surface area contributed by atoms with E-state index in [9.17, 15) is 28.2 Å². The number of carbonyl (C=O) groups excluding carboxylic acids is 1. The molecule has 0 bridgehead atoms. The van der Waals surface area contributed by atoms with Crippen LogP contribution in [0.5, 0.6) is 0 Å². The van der Waals surface area contributed by atoms with Gasteiger partial charge in [0.05, 0.1) is 29.0 Å². The van der Waals surface area contributed by atoms with Crippen molar-refractivity contribution in [1.29, 1.82) is 0 Å². The van der Waals surface area contributed by atoms with Gasteiger partial charge in [-0.2, -0.15) is 13.2 Å². The van der Waals surface area contributed by atoms with Crippen molar-refractivity contribution in [3.8, 4) is 0 Å². The number of amides is 1. The molecular weight excluding hydrogens is 409 g/mol. The Morgan fingerprint density at radius 3 is 2.55 bits per heavy atom. The fourth-order valence-electron chi connectivity index (χ4n) is 2.84. The number of aliphatic hydroxyl groups is 2. The van der Waals surface area contributed by atoms with Crippen LogP contribution in [-0.2, 0) is 17.5 Å². The Morgan fingerprint density at radius 1 is 1.14 bits per heavy atom. The highest BCUT2D eigenvalue weighted by Gasteiger charge is 2.39. The second kappa shape index (κ2) is 9.02. The molecule has 29 heavy (non-hydrogen) atoms. The molecule has 3 atom stereocenters. The van der Waals surface area contributed by atoms with Crippen molar-refractivity contribution in [3.05, 3.63) is 59.8 Å². The summed E-state index contributed by atoms with van der Waals surface area (Å²) in [4.78, 5) is 17.1. The Kier molecular flexibility index (Phi) is 6.66. The number of likely N-dealkylation sites (tertiary alicyclic amines) is 1. The molecule has 2 N–H and O–H groups in total. The van der Waals surface area contributed by atoms with Crippen LogP contribution in [0.15, 0.2) is 53.6 Å². The van der Waals surface area contributed by atoms with E-state index in [2.05, 4.69) is 4.98 Å². The number of thioether (sulfide) groups is 1. The van der Waals surface area contributed by atoms with Gasteiger partial charge in [-0.3, -0.25) is 0 Å². The van der Waals surface area contributed by atoms with E-state index in [0.29, 0.717) is 0 Å². The van der Waals surface area contributed by atoms with Crippen molar-refractivity contribution in [2.24, 2.45) is 0 Å². The number of ether oxygens (including phenoxy) is 1. The summed E-state index contributed by atoms with van der Waals surface area (Å²) < 4.78 is 43.8. The van der Waals surface area contributed by atoms with Gasteiger partial charge in [-0.05, 0) is 17.7 Å². The summed E-state index contributed by atoms with van der Waals surface area (Å²) in [5, 5.41) is 19.6. The summed E-state index contributed by atoms with van der Waals surface area (Å²) in [5.74, 6) is 0. The minimum Gasteiger partial charge on any atom is -0.445 e. The zero-order valence-corrected chi connectivity index (χ0v) is 15.9. The van der Waals surface area contributed by atoms with Gasteiger partial charge in [0.1, 0.15) is 12.3 Å². The summed E-state index contributed by atoms with van der Waals surface area (Å²) in [6, 6.07) is 12.5. The molecule has 0 unspecified atom stereocenters. The van der Waals surface area contributed by atoms with E-state index >= 15 is 0 Å². The van der Waals surface area contributed by atoms with Crippen LogP contribution in [0, 0.1) is 0 Å². The zero-order valence-electron chi connectivity index (χ0n) is 15.1. The van der Waals surface area contributed by atoms with Crippen molar-refractivity contribution in [3.63, 3.8) is 0 Å². The number of hydrogen-bond donors (Lipinski definition) is 2. The molecule has 1 amide bonds. The molecule has 10 heteroatoms. The third kappa shape index (κ3) is 5.62. The van der Waals surface area contributed by atoms with E-state index in [0.717, 1.165) is 23.4 Å². The molecule has 0 radical (unpaired) electrons. The van der Waals surface area contributed by atoms with Gasteiger partial charge in [0.25, 0.3) is 0 Å². The summed E-state index contributed by atoms with van der Waals surface area (Å²) in [6.07, 6.45) is -7.75. The van der Waals surface area contributed by atoms with Crippen molar-refractivity contribution in [2.45, 2.75) is 35.3 Å². The lowest BCUT2D eigenvalue weighted by Crippen LogP contribution is -2.55. The second-order valence-electron chi connectivity index (χ2n) is 6.52. The lowest BCUT2D eigenvalue weighted by Gasteiger charge is -2.38. The zero-order chi connectivity index (χ0) is 21.0. The molecular formula is C19H19F3N2O4S. The van der Waals surface area contributed by atoms with Crippen LogP contribution in [0.3, 0.4) is 0 Å². The summed E-state index contributed by atoms with van der Waals surface area (Å²) >= 11 is 0.872. The molecule has 1 aromatic carbocycles. The highest BCUT2D eigenvalue weighted by molar-refractivity contribution is 8.00. The summed E-state index contributed by atoms with van der Waals surface area (Å²) in [5.41, 5.74) is -0.259. The minimum atomic E-state index is -4.59. The number of piperidine rings is 1. The first-order valence-electron chi connectivity index (χ1n) is 8.76. The summed E-state index contributed by atoms with van der Waals surface area (Å²) in [6.45, 7) is -0.0991. The SMILES string of the molecule is O=C(OCc1ccccc1)N1C[C@H](Sc2cccc(C(F)(F)F)n2)[C@@H](O)[C@@H](O)C1. The maximum Gasteiger partial charge on any atom is 0.433 e. The molecule has 2 heterocycles. The monoisotopic (exact) mass is 428 g/mol. The van der Waals surface area contributed by atoms with Crippen LogP contribution in [0.1, 0.15) is 11.3 Å². The number of benzene rings is 1. The molecule has 1 aromatic heterocycles. The third-order valence-electron chi connectivity index (χ3n) is 4.33. The Hall–Kier alpha value is -2.30. The van der Waals surface area contributed by atoms with E-state index in [1.165, 1.54) is 17.0 Å². The number of alkyl halides is 3. The molecule has 1 aliphatic heterocycles. The molecule has 1 aliphatic rings. The van der Waals surface area contributed by atoms with Gasteiger partial charge in [0.15, 0.2) is 0 Å². The van der Waals surface area contributed by atoms with Crippen LogP contribution in [0.4, 0.5) is 18.0 Å². The smallest absolute Gasteiger partial charge is 0.433 e. The van der Waals surface area contributed by atoms with Gasteiger partial charge in [-0.25, -0.2) is 9.78 Å². The first-order valence-corrected chi connectivity index (χ1v) is 9.64. The highest BCUT2D eigenvalue weighted by Crippen LogP contribution is 2.33. The minimum absolute atomic E-state index is 0.00551. The number of halogens is 3.